The van der Waals surface area contributed by atoms with Crippen LogP contribution in [0.2, 0.25) is 0 Å². The Kier molecular flexibility index (Phi) is 3.52. The van der Waals surface area contributed by atoms with Gasteiger partial charge in [-0.3, -0.25) is 4.79 Å². The van der Waals surface area contributed by atoms with Gasteiger partial charge in [-0.25, -0.2) is 0 Å². The number of carbonyl (C=O) groups excluding carboxylic acids is 1. The van der Waals surface area contributed by atoms with Gasteiger partial charge in [0, 0.05) is 33.1 Å². The molecule has 4 heteroatoms. The highest BCUT2D eigenvalue weighted by Gasteiger charge is 2.20. The highest BCUT2D eigenvalue weighted by molar-refractivity contribution is 5.78. The molecule has 0 radical (unpaired) electrons. The number of nitrogens with one attached hydrogen (secondary N) is 2. The second kappa shape index (κ2) is 5.08. The van der Waals surface area contributed by atoms with E-state index in [9.17, 15) is 4.79 Å². The summed E-state index contributed by atoms with van der Waals surface area (Å²) in [7, 11) is 4.05. The molecule has 2 N–H and O–H groups in total. The normalized spacial score (nSPS) is 18.9. The van der Waals surface area contributed by atoms with Gasteiger partial charge in [0.2, 0.25) is 5.91 Å². The van der Waals surface area contributed by atoms with Crippen LogP contribution in [0.1, 0.15) is 12.8 Å². The van der Waals surface area contributed by atoms with Crippen LogP contribution in [-0.4, -0.2) is 32.6 Å². The van der Waals surface area contributed by atoms with E-state index in [4.69, 9.17) is 0 Å². The summed E-state index contributed by atoms with van der Waals surface area (Å²) in [5, 5.41) is 6.36. The van der Waals surface area contributed by atoms with Crippen LogP contribution < -0.4 is 15.5 Å². The van der Waals surface area contributed by atoms with E-state index in [1.165, 1.54) is 0 Å². The summed E-state index contributed by atoms with van der Waals surface area (Å²) in [5.41, 5.74) is 2.27. The number of hydrogen-bond donors (Lipinski definition) is 2. The molecule has 1 atom stereocenters. The van der Waals surface area contributed by atoms with Gasteiger partial charge < -0.3 is 15.5 Å². The number of benzene rings is 1. The molecule has 1 aromatic carbocycles. The zero-order chi connectivity index (χ0) is 12.3. The van der Waals surface area contributed by atoms with Crippen molar-refractivity contribution in [2.75, 3.05) is 30.9 Å². The molecule has 1 heterocycles. The maximum absolute atomic E-state index is 11.1. The summed E-state index contributed by atoms with van der Waals surface area (Å²) < 4.78 is 0. The molecule has 1 amide bonds. The first kappa shape index (κ1) is 11.8. The predicted octanol–water partition coefficient (Wildman–Crippen LogP) is 1.44. The molecule has 0 bridgehead atoms. The fraction of sp³-hybridized carbons (Fsp3) is 0.462. The van der Waals surface area contributed by atoms with Crippen LogP contribution >= 0.6 is 0 Å². The fourth-order valence-corrected chi connectivity index (χ4v) is 2.08. The van der Waals surface area contributed by atoms with E-state index < -0.39 is 0 Å². The van der Waals surface area contributed by atoms with Gasteiger partial charge in [0.1, 0.15) is 0 Å². The van der Waals surface area contributed by atoms with Gasteiger partial charge in [-0.1, -0.05) is 12.1 Å². The molecule has 1 saturated heterocycles. The number of amides is 1. The lowest BCUT2D eigenvalue weighted by Gasteiger charge is -2.20. The second-order valence-electron chi connectivity index (χ2n) is 4.60. The number of hydrogen-bond acceptors (Lipinski definition) is 3. The van der Waals surface area contributed by atoms with Crippen molar-refractivity contribution in [2.24, 2.45) is 0 Å². The molecule has 1 aliphatic rings. The summed E-state index contributed by atoms with van der Waals surface area (Å²) in [6.45, 7) is 0.788. The third kappa shape index (κ3) is 2.90. The minimum Gasteiger partial charge on any atom is -0.381 e. The van der Waals surface area contributed by atoms with Gasteiger partial charge in [0.15, 0.2) is 0 Å². The third-order valence-corrected chi connectivity index (χ3v) is 3.01. The Balaban J connectivity index is 1.96. The summed E-state index contributed by atoms with van der Waals surface area (Å²) in [4.78, 5) is 13.2. The number of carbonyl (C=O) groups is 1. The van der Waals surface area contributed by atoms with Crippen molar-refractivity contribution in [3.8, 4) is 0 Å². The lowest BCUT2D eigenvalue weighted by atomic mass is 10.2. The highest BCUT2D eigenvalue weighted by Crippen LogP contribution is 2.23. The molecule has 0 saturated carbocycles. The molecule has 1 fully saturated rings. The molecule has 1 aromatic rings. The van der Waals surface area contributed by atoms with E-state index >= 15 is 0 Å². The van der Waals surface area contributed by atoms with Gasteiger partial charge >= 0.3 is 0 Å². The van der Waals surface area contributed by atoms with E-state index in [1.807, 2.05) is 26.2 Å². The lowest BCUT2D eigenvalue weighted by Crippen LogP contribution is -2.32. The van der Waals surface area contributed by atoms with E-state index in [0.717, 1.165) is 24.3 Å². The molecule has 1 unspecified atom stereocenters. The van der Waals surface area contributed by atoms with Gasteiger partial charge in [-0.2, -0.15) is 0 Å². The highest BCUT2D eigenvalue weighted by atomic mass is 16.1. The summed E-state index contributed by atoms with van der Waals surface area (Å²) in [6, 6.07) is 8.44. The van der Waals surface area contributed by atoms with Crippen molar-refractivity contribution in [1.29, 1.82) is 0 Å². The lowest BCUT2D eigenvalue weighted by molar-refractivity contribution is -0.119. The Morgan fingerprint density at radius 1 is 1.41 bits per heavy atom. The average molecular weight is 233 g/mol. The number of rotatable bonds is 4. The minimum atomic E-state index is 0.165. The second-order valence-corrected chi connectivity index (χ2v) is 4.60. The van der Waals surface area contributed by atoms with Crippen LogP contribution in [0.4, 0.5) is 11.4 Å². The van der Waals surface area contributed by atoms with Crippen molar-refractivity contribution in [3.05, 3.63) is 24.3 Å². The average Bonchev–Trinajstić information content (AvgIpc) is 2.73. The molecule has 2 rings (SSSR count). The molecular weight excluding hydrogens is 214 g/mol. The van der Waals surface area contributed by atoms with Gasteiger partial charge in [-0.05, 0) is 18.6 Å². The molecule has 1 aliphatic heterocycles. The first-order valence-corrected chi connectivity index (χ1v) is 5.96. The Morgan fingerprint density at radius 2 is 2.18 bits per heavy atom. The van der Waals surface area contributed by atoms with Crippen LogP contribution in [0.25, 0.3) is 0 Å². The monoisotopic (exact) mass is 233 g/mol. The van der Waals surface area contributed by atoms with Crippen molar-refractivity contribution < 1.29 is 4.79 Å². The SMILES string of the molecule is CN(C)c1ccccc1NCC1CCC(=O)N1. The Hall–Kier alpha value is -1.71. The van der Waals surface area contributed by atoms with Crippen LogP contribution in [-0.2, 0) is 4.79 Å². The Labute approximate surface area is 102 Å². The van der Waals surface area contributed by atoms with Crippen molar-refractivity contribution >= 4 is 17.3 Å². The topological polar surface area (TPSA) is 44.4 Å². The van der Waals surface area contributed by atoms with E-state index in [-0.39, 0.29) is 11.9 Å². The summed E-state index contributed by atoms with van der Waals surface area (Å²) >= 11 is 0. The number of anilines is 2. The van der Waals surface area contributed by atoms with Crippen molar-refractivity contribution in [2.45, 2.75) is 18.9 Å². The number of para-hydroxylation sites is 2. The van der Waals surface area contributed by atoms with Crippen molar-refractivity contribution in [1.82, 2.24) is 5.32 Å². The molecule has 4 nitrogen and oxygen atoms in total. The van der Waals surface area contributed by atoms with Gasteiger partial charge in [-0.15, -0.1) is 0 Å². The first-order chi connectivity index (χ1) is 8.16. The first-order valence-electron chi connectivity index (χ1n) is 5.96. The maximum Gasteiger partial charge on any atom is 0.220 e. The van der Waals surface area contributed by atoms with Crippen LogP contribution in [0.3, 0.4) is 0 Å². The van der Waals surface area contributed by atoms with Crippen molar-refractivity contribution in [3.63, 3.8) is 0 Å². The zero-order valence-corrected chi connectivity index (χ0v) is 10.4. The predicted molar refractivity (Wildman–Crippen MR) is 70.4 cm³/mol. The van der Waals surface area contributed by atoms with Gasteiger partial charge in [0.25, 0.3) is 0 Å². The molecule has 0 aliphatic carbocycles. The molecule has 0 spiro atoms. The van der Waals surface area contributed by atoms with Crippen LogP contribution in [0.5, 0.6) is 0 Å². The largest absolute Gasteiger partial charge is 0.381 e. The van der Waals surface area contributed by atoms with Gasteiger partial charge in [0.05, 0.1) is 11.4 Å². The molecule has 17 heavy (non-hydrogen) atoms. The molecule has 0 aromatic heterocycles. The standard InChI is InChI=1S/C13H19N3O/c1-16(2)12-6-4-3-5-11(12)14-9-10-7-8-13(17)15-10/h3-6,10,14H,7-9H2,1-2H3,(H,15,17). The smallest absolute Gasteiger partial charge is 0.220 e. The quantitative estimate of drug-likeness (QED) is 0.827. The minimum absolute atomic E-state index is 0.165. The Morgan fingerprint density at radius 3 is 2.82 bits per heavy atom. The molecular formula is C13H19N3O. The van der Waals surface area contributed by atoms with E-state index in [1.54, 1.807) is 0 Å². The van der Waals surface area contributed by atoms with E-state index in [0.29, 0.717) is 6.42 Å². The molecule has 92 valence electrons. The van der Waals surface area contributed by atoms with Crippen LogP contribution in [0.15, 0.2) is 24.3 Å². The third-order valence-electron chi connectivity index (χ3n) is 3.01. The van der Waals surface area contributed by atoms with E-state index in [2.05, 4.69) is 27.7 Å². The Bertz CT molecular complexity index is 403. The van der Waals surface area contributed by atoms with Crippen LogP contribution in [0, 0.1) is 0 Å². The summed E-state index contributed by atoms with van der Waals surface area (Å²) in [6.07, 6.45) is 1.58. The zero-order valence-electron chi connectivity index (χ0n) is 10.4. The maximum atomic E-state index is 11.1. The summed E-state index contributed by atoms with van der Waals surface area (Å²) in [5.74, 6) is 0.165. The fourth-order valence-electron chi connectivity index (χ4n) is 2.08. The number of nitrogens with zero attached hydrogens (tertiary/aromatic N) is 1.